The van der Waals surface area contributed by atoms with Gasteiger partial charge in [0, 0.05) is 17.5 Å². The number of hydrogen-bond acceptors (Lipinski definition) is 4. The van der Waals surface area contributed by atoms with Gasteiger partial charge in [0.25, 0.3) is 0 Å². The van der Waals surface area contributed by atoms with E-state index in [4.69, 9.17) is 9.84 Å². The molecule has 4 rings (SSSR count). The van der Waals surface area contributed by atoms with Crippen molar-refractivity contribution >= 4 is 27.5 Å². The number of aliphatic carboxylic acids is 1. The lowest BCUT2D eigenvalue weighted by Crippen LogP contribution is -2.03. The molecule has 170 valence electrons. The highest BCUT2D eigenvalue weighted by atomic mass is 32.1. The molecule has 0 aliphatic rings. The number of thiazole rings is 1. The monoisotopic (exact) mass is 471 g/mol. The van der Waals surface area contributed by atoms with Crippen LogP contribution in [0.2, 0.25) is 0 Å². The first-order chi connectivity index (χ1) is 15.7. The zero-order valence-corrected chi connectivity index (χ0v) is 18.5. The number of alkyl halides is 3. The van der Waals surface area contributed by atoms with Gasteiger partial charge in [-0.15, -0.1) is 11.3 Å². The number of benzene rings is 3. The molecule has 0 aliphatic heterocycles. The summed E-state index contributed by atoms with van der Waals surface area (Å²) in [5.74, 6) is -0.163. The van der Waals surface area contributed by atoms with Crippen molar-refractivity contribution in [3.05, 3.63) is 82.9 Å². The van der Waals surface area contributed by atoms with Crippen LogP contribution < -0.4 is 4.74 Å². The third kappa shape index (κ3) is 5.34. The van der Waals surface area contributed by atoms with Crippen molar-refractivity contribution in [2.24, 2.45) is 0 Å². The summed E-state index contributed by atoms with van der Waals surface area (Å²) in [6.07, 6.45) is -3.83. The minimum atomic E-state index is -4.37. The largest absolute Gasteiger partial charge is 0.489 e. The van der Waals surface area contributed by atoms with Gasteiger partial charge in [0.05, 0.1) is 15.8 Å². The first-order valence-electron chi connectivity index (χ1n) is 10.2. The maximum Gasteiger partial charge on any atom is 0.416 e. The predicted octanol–water partition coefficient (Wildman–Crippen LogP) is 6.89. The van der Waals surface area contributed by atoms with E-state index >= 15 is 0 Å². The minimum absolute atomic E-state index is 0.0775. The standard InChI is InChI=1S/C25H20F3NO3S/c1-15-13-20(11-7-16(15)8-12-22(30)31)32-14-18-3-2-4-21-23(18)29-24(33-21)17-5-9-19(10-6-17)25(26,27)28/h2-7,9-11,13H,8,12,14H2,1H3,(H,30,31). The van der Waals surface area contributed by atoms with Gasteiger partial charge in [-0.05, 0) is 54.8 Å². The fraction of sp³-hybridized carbons (Fsp3) is 0.200. The van der Waals surface area contributed by atoms with Crippen LogP contribution in [0.25, 0.3) is 20.8 Å². The Morgan fingerprint density at radius 2 is 1.82 bits per heavy atom. The summed E-state index contributed by atoms with van der Waals surface area (Å²) in [5.41, 5.74) is 3.49. The number of para-hydroxylation sites is 1. The fourth-order valence-electron chi connectivity index (χ4n) is 3.49. The van der Waals surface area contributed by atoms with Gasteiger partial charge in [0.2, 0.25) is 0 Å². The Hall–Kier alpha value is -3.39. The van der Waals surface area contributed by atoms with E-state index in [2.05, 4.69) is 4.98 Å². The maximum absolute atomic E-state index is 12.8. The van der Waals surface area contributed by atoms with E-state index < -0.39 is 17.7 Å². The molecular weight excluding hydrogens is 451 g/mol. The van der Waals surface area contributed by atoms with Gasteiger partial charge in [-0.1, -0.05) is 30.3 Å². The van der Waals surface area contributed by atoms with Crippen LogP contribution in [0.1, 0.15) is 28.7 Å². The molecule has 0 atom stereocenters. The van der Waals surface area contributed by atoms with Crippen molar-refractivity contribution in [2.75, 3.05) is 0 Å². The first kappa shape index (κ1) is 22.8. The molecule has 3 aromatic carbocycles. The Labute approximate surface area is 192 Å². The molecule has 0 amide bonds. The van der Waals surface area contributed by atoms with Crippen LogP contribution in [0, 0.1) is 6.92 Å². The van der Waals surface area contributed by atoms with Gasteiger partial charge >= 0.3 is 12.1 Å². The molecule has 4 aromatic rings. The fourth-order valence-corrected chi connectivity index (χ4v) is 4.51. The Morgan fingerprint density at radius 3 is 2.48 bits per heavy atom. The quantitative estimate of drug-likeness (QED) is 0.319. The normalized spacial score (nSPS) is 11.6. The third-order valence-corrected chi connectivity index (χ3v) is 6.35. The van der Waals surface area contributed by atoms with Crippen LogP contribution in [-0.2, 0) is 24.0 Å². The molecule has 0 spiro atoms. The molecule has 1 heterocycles. The van der Waals surface area contributed by atoms with Gasteiger partial charge in [0.15, 0.2) is 0 Å². The van der Waals surface area contributed by atoms with Crippen LogP contribution in [0.15, 0.2) is 60.7 Å². The lowest BCUT2D eigenvalue weighted by atomic mass is 10.0. The number of carboxylic acids is 1. The predicted molar refractivity (Wildman–Crippen MR) is 122 cm³/mol. The Balaban J connectivity index is 1.52. The second-order valence-electron chi connectivity index (χ2n) is 7.63. The average molecular weight is 472 g/mol. The summed E-state index contributed by atoms with van der Waals surface area (Å²) in [6.45, 7) is 2.20. The molecule has 0 fully saturated rings. The van der Waals surface area contributed by atoms with Gasteiger partial charge in [-0.25, -0.2) is 4.98 Å². The van der Waals surface area contributed by atoms with E-state index in [0.29, 0.717) is 22.7 Å². The minimum Gasteiger partial charge on any atom is -0.489 e. The van der Waals surface area contributed by atoms with Crippen molar-refractivity contribution in [1.82, 2.24) is 4.98 Å². The molecule has 0 aliphatic carbocycles. The van der Waals surface area contributed by atoms with Crippen LogP contribution in [-0.4, -0.2) is 16.1 Å². The van der Waals surface area contributed by atoms with Crippen molar-refractivity contribution < 1.29 is 27.8 Å². The van der Waals surface area contributed by atoms with Crippen molar-refractivity contribution in [3.8, 4) is 16.3 Å². The number of nitrogens with zero attached hydrogens (tertiary/aromatic N) is 1. The number of fused-ring (bicyclic) bond motifs is 1. The summed E-state index contributed by atoms with van der Waals surface area (Å²) >= 11 is 1.42. The summed E-state index contributed by atoms with van der Waals surface area (Å²) < 4.78 is 45.4. The van der Waals surface area contributed by atoms with Crippen molar-refractivity contribution in [2.45, 2.75) is 32.5 Å². The smallest absolute Gasteiger partial charge is 0.416 e. The zero-order valence-electron chi connectivity index (χ0n) is 17.6. The van der Waals surface area contributed by atoms with E-state index in [1.807, 2.05) is 43.3 Å². The van der Waals surface area contributed by atoms with E-state index in [-0.39, 0.29) is 13.0 Å². The van der Waals surface area contributed by atoms with Gasteiger partial charge < -0.3 is 9.84 Å². The molecule has 0 saturated heterocycles. The van der Waals surface area contributed by atoms with Gasteiger partial charge in [0.1, 0.15) is 17.4 Å². The van der Waals surface area contributed by atoms with Crippen LogP contribution in [0.4, 0.5) is 13.2 Å². The molecule has 0 radical (unpaired) electrons. The zero-order chi connectivity index (χ0) is 23.6. The SMILES string of the molecule is Cc1cc(OCc2cccc3sc(-c4ccc(C(F)(F)F)cc4)nc23)ccc1CCC(=O)O. The first-order valence-corrected chi connectivity index (χ1v) is 11.0. The second-order valence-corrected chi connectivity index (χ2v) is 8.66. The Bertz CT molecular complexity index is 1300. The molecule has 4 nitrogen and oxygen atoms in total. The lowest BCUT2D eigenvalue weighted by molar-refractivity contribution is -0.138. The number of rotatable bonds is 7. The Morgan fingerprint density at radius 1 is 1.06 bits per heavy atom. The number of hydrogen-bond donors (Lipinski definition) is 1. The van der Waals surface area contributed by atoms with Gasteiger partial charge in [-0.3, -0.25) is 4.79 Å². The van der Waals surface area contributed by atoms with E-state index in [1.54, 1.807) is 0 Å². The Kier molecular flexibility index (Phi) is 6.37. The van der Waals surface area contributed by atoms with Gasteiger partial charge in [-0.2, -0.15) is 13.2 Å². The van der Waals surface area contributed by atoms with E-state index in [0.717, 1.165) is 39.0 Å². The van der Waals surface area contributed by atoms with Crippen LogP contribution in [0.3, 0.4) is 0 Å². The van der Waals surface area contributed by atoms with Crippen LogP contribution in [0.5, 0.6) is 5.75 Å². The number of aryl methyl sites for hydroxylation is 2. The molecular formula is C25H20F3NO3S. The molecule has 0 saturated carbocycles. The molecule has 0 bridgehead atoms. The van der Waals surface area contributed by atoms with Crippen molar-refractivity contribution in [3.63, 3.8) is 0 Å². The second kappa shape index (κ2) is 9.23. The van der Waals surface area contributed by atoms with E-state index in [1.165, 1.54) is 23.5 Å². The number of ether oxygens (including phenoxy) is 1. The molecule has 1 N–H and O–H groups in total. The lowest BCUT2D eigenvalue weighted by Gasteiger charge is -2.10. The highest BCUT2D eigenvalue weighted by Crippen LogP contribution is 2.35. The molecule has 33 heavy (non-hydrogen) atoms. The summed E-state index contributed by atoms with van der Waals surface area (Å²) in [7, 11) is 0. The summed E-state index contributed by atoms with van der Waals surface area (Å²) in [6, 6.07) is 16.3. The van der Waals surface area contributed by atoms with E-state index in [9.17, 15) is 18.0 Å². The highest BCUT2D eigenvalue weighted by Gasteiger charge is 2.30. The molecule has 8 heteroatoms. The highest BCUT2D eigenvalue weighted by molar-refractivity contribution is 7.21. The molecule has 0 unspecified atom stereocenters. The topological polar surface area (TPSA) is 59.4 Å². The number of aromatic nitrogens is 1. The van der Waals surface area contributed by atoms with Crippen molar-refractivity contribution in [1.29, 1.82) is 0 Å². The number of carbonyl (C=O) groups is 1. The third-order valence-electron chi connectivity index (χ3n) is 5.28. The van der Waals surface area contributed by atoms with Crippen LogP contribution >= 0.6 is 11.3 Å². The molecule has 1 aromatic heterocycles. The summed E-state index contributed by atoms with van der Waals surface area (Å²) in [4.78, 5) is 15.5. The maximum atomic E-state index is 12.8. The number of carboxylic acid groups (broad SMARTS) is 1. The number of halogens is 3. The average Bonchev–Trinajstić information content (AvgIpc) is 3.21. The summed E-state index contributed by atoms with van der Waals surface area (Å²) in [5, 5.41) is 9.50.